The van der Waals surface area contributed by atoms with Crippen molar-refractivity contribution in [1.82, 2.24) is 0 Å². The zero-order valence-corrected chi connectivity index (χ0v) is 15.7. The highest BCUT2D eigenvalue weighted by Gasteiger charge is 2.27. The maximum Gasteiger partial charge on any atom is 0.130 e. The molecule has 1 aliphatic carbocycles. The minimum atomic E-state index is -0.463. The monoisotopic (exact) mass is 372 g/mol. The van der Waals surface area contributed by atoms with E-state index in [4.69, 9.17) is 0 Å². The lowest BCUT2D eigenvalue weighted by Gasteiger charge is -2.28. The van der Waals surface area contributed by atoms with Gasteiger partial charge in [-0.2, -0.15) is 0 Å². The Morgan fingerprint density at radius 1 is 0.926 bits per heavy atom. The van der Waals surface area contributed by atoms with Gasteiger partial charge in [-0.3, -0.25) is 4.39 Å². The van der Waals surface area contributed by atoms with Crippen molar-refractivity contribution in [2.24, 2.45) is 5.92 Å². The van der Waals surface area contributed by atoms with E-state index in [1.165, 1.54) is 17.7 Å². The lowest BCUT2D eigenvalue weighted by molar-refractivity contribution is 0.278. The molecule has 1 fully saturated rings. The van der Waals surface area contributed by atoms with Gasteiger partial charge in [-0.25, -0.2) is 8.78 Å². The third-order valence-corrected chi connectivity index (χ3v) is 5.78. The van der Waals surface area contributed by atoms with Crippen LogP contribution >= 0.6 is 0 Å². The Bertz CT molecular complexity index is 733. The second kappa shape index (κ2) is 9.25. The molecule has 0 bridgehead atoms. The van der Waals surface area contributed by atoms with Crippen LogP contribution in [0.25, 0.3) is 11.1 Å². The van der Waals surface area contributed by atoms with Crippen molar-refractivity contribution in [1.29, 1.82) is 0 Å². The number of hydrogen-bond acceptors (Lipinski definition) is 0. The zero-order valence-electron chi connectivity index (χ0n) is 15.7. The minimum Gasteiger partial charge on any atom is -0.251 e. The molecule has 0 spiro atoms. The molecule has 0 aromatic heterocycles. The van der Waals surface area contributed by atoms with Crippen LogP contribution in [0.15, 0.2) is 49.1 Å². The summed E-state index contributed by atoms with van der Waals surface area (Å²) >= 11 is 0. The van der Waals surface area contributed by atoms with Crippen molar-refractivity contribution >= 4 is 0 Å². The van der Waals surface area contributed by atoms with E-state index in [0.717, 1.165) is 44.1 Å². The van der Waals surface area contributed by atoms with Gasteiger partial charge < -0.3 is 0 Å². The third-order valence-electron chi connectivity index (χ3n) is 5.78. The summed E-state index contributed by atoms with van der Waals surface area (Å²) in [5.74, 6) is -0.670. The first-order valence-corrected chi connectivity index (χ1v) is 9.87. The van der Waals surface area contributed by atoms with Crippen molar-refractivity contribution in [2.45, 2.75) is 50.9 Å². The molecule has 2 aromatic rings. The normalized spacial score (nSPS) is 19.8. The van der Waals surface area contributed by atoms with Crippen LogP contribution in [-0.2, 0) is 6.42 Å². The first kappa shape index (κ1) is 19.7. The Kier molecular flexibility index (Phi) is 6.76. The number of aryl methyl sites for hydroxylation is 1. The SMILES string of the molecule is C=CCCc1ccc(-c2cc(F)c(C3CCC(CCF)CC3)c(F)c2)cc1. The smallest absolute Gasteiger partial charge is 0.130 e. The Morgan fingerprint density at radius 2 is 1.56 bits per heavy atom. The second-order valence-electron chi connectivity index (χ2n) is 7.57. The summed E-state index contributed by atoms with van der Waals surface area (Å²) in [6.07, 6.45) is 7.43. The second-order valence-corrected chi connectivity index (χ2v) is 7.57. The summed E-state index contributed by atoms with van der Waals surface area (Å²) in [7, 11) is 0. The van der Waals surface area contributed by atoms with E-state index in [1.54, 1.807) is 0 Å². The molecule has 1 saturated carbocycles. The maximum atomic E-state index is 14.8. The molecular formula is C24H27F3. The fourth-order valence-corrected chi connectivity index (χ4v) is 4.17. The number of rotatable bonds is 7. The fraction of sp³-hybridized carbons (Fsp3) is 0.417. The van der Waals surface area contributed by atoms with Gasteiger partial charge >= 0.3 is 0 Å². The highest BCUT2D eigenvalue weighted by atomic mass is 19.1. The average molecular weight is 372 g/mol. The number of alkyl halides is 1. The summed E-state index contributed by atoms with van der Waals surface area (Å²) in [4.78, 5) is 0. The van der Waals surface area contributed by atoms with Crippen molar-refractivity contribution in [3.05, 3.63) is 71.8 Å². The fourth-order valence-electron chi connectivity index (χ4n) is 4.17. The molecule has 0 amide bonds. The molecule has 0 nitrogen and oxygen atoms in total. The topological polar surface area (TPSA) is 0 Å². The van der Waals surface area contributed by atoms with Gasteiger partial charge in [0.05, 0.1) is 6.67 Å². The third kappa shape index (κ3) is 4.82. The largest absolute Gasteiger partial charge is 0.251 e. The van der Waals surface area contributed by atoms with Crippen molar-refractivity contribution in [3.8, 4) is 11.1 Å². The quantitative estimate of drug-likeness (QED) is 0.445. The predicted molar refractivity (Wildman–Crippen MR) is 106 cm³/mol. The first-order chi connectivity index (χ1) is 13.1. The number of allylic oxidation sites excluding steroid dienone is 1. The van der Waals surface area contributed by atoms with Gasteiger partial charge in [0.15, 0.2) is 0 Å². The highest BCUT2D eigenvalue weighted by molar-refractivity contribution is 5.64. The lowest BCUT2D eigenvalue weighted by Crippen LogP contribution is -2.16. The molecule has 2 aromatic carbocycles. The van der Waals surface area contributed by atoms with Crippen molar-refractivity contribution in [3.63, 3.8) is 0 Å². The van der Waals surface area contributed by atoms with E-state index in [1.807, 2.05) is 30.3 Å². The van der Waals surface area contributed by atoms with Crippen LogP contribution in [0.3, 0.4) is 0 Å². The highest BCUT2D eigenvalue weighted by Crippen LogP contribution is 2.40. The number of hydrogen-bond donors (Lipinski definition) is 0. The average Bonchev–Trinajstić information content (AvgIpc) is 2.68. The lowest BCUT2D eigenvalue weighted by atomic mass is 9.77. The van der Waals surface area contributed by atoms with Crippen molar-refractivity contribution < 1.29 is 13.2 Å². The van der Waals surface area contributed by atoms with E-state index < -0.39 is 11.6 Å². The molecule has 0 N–H and O–H groups in total. The minimum absolute atomic E-state index is 0.101. The standard InChI is InChI=1S/C24H27F3/c1-2-3-4-17-5-9-19(10-6-17)21-15-22(26)24(23(27)16-21)20-11-7-18(8-12-20)13-14-25/h2,5-6,9-10,15-16,18,20H,1,3-4,7-8,11-14H2. The summed E-state index contributed by atoms with van der Waals surface area (Å²) in [6.45, 7) is 3.41. The van der Waals surface area contributed by atoms with Crippen molar-refractivity contribution in [2.75, 3.05) is 6.67 Å². The molecule has 0 unspecified atom stereocenters. The molecule has 3 rings (SSSR count). The van der Waals surface area contributed by atoms with Gasteiger partial charge in [0.2, 0.25) is 0 Å². The van der Waals surface area contributed by atoms with E-state index in [9.17, 15) is 13.2 Å². The summed E-state index contributed by atoms with van der Waals surface area (Å²) in [5, 5.41) is 0. The van der Waals surface area contributed by atoms with Crippen LogP contribution in [0, 0.1) is 17.6 Å². The molecule has 3 heteroatoms. The van der Waals surface area contributed by atoms with E-state index >= 15 is 0 Å². The van der Waals surface area contributed by atoms with E-state index in [0.29, 0.717) is 17.9 Å². The molecule has 27 heavy (non-hydrogen) atoms. The molecule has 0 aliphatic heterocycles. The molecule has 144 valence electrons. The molecule has 0 heterocycles. The summed E-state index contributed by atoms with van der Waals surface area (Å²) < 4.78 is 42.0. The molecule has 1 aliphatic rings. The number of halogens is 3. The van der Waals surface area contributed by atoms with Gasteiger partial charge in [-0.1, -0.05) is 30.3 Å². The Morgan fingerprint density at radius 3 is 2.11 bits per heavy atom. The zero-order chi connectivity index (χ0) is 19.2. The van der Waals surface area contributed by atoms with Gasteiger partial charge in [-0.05, 0) is 85.6 Å². The van der Waals surface area contributed by atoms with E-state index in [2.05, 4.69) is 6.58 Å². The van der Waals surface area contributed by atoms with Gasteiger partial charge in [0, 0.05) is 5.56 Å². The summed E-state index contributed by atoms with van der Waals surface area (Å²) in [6, 6.07) is 10.7. The molecule has 0 saturated heterocycles. The molecule has 0 radical (unpaired) electrons. The van der Waals surface area contributed by atoms with Crippen LogP contribution in [0.5, 0.6) is 0 Å². The maximum absolute atomic E-state index is 14.8. The predicted octanol–water partition coefficient (Wildman–Crippen LogP) is 7.38. The molecular weight excluding hydrogens is 345 g/mol. The first-order valence-electron chi connectivity index (χ1n) is 9.87. The summed E-state index contributed by atoms with van der Waals surface area (Å²) in [5.41, 5.74) is 2.77. The van der Waals surface area contributed by atoms with Crippen LogP contribution in [0.4, 0.5) is 13.2 Å². The Hall–Kier alpha value is -2.03. The molecule has 0 atom stereocenters. The van der Waals surface area contributed by atoms with E-state index in [-0.39, 0.29) is 18.2 Å². The van der Waals surface area contributed by atoms with Crippen LogP contribution < -0.4 is 0 Å². The van der Waals surface area contributed by atoms with Gasteiger partial charge in [0.25, 0.3) is 0 Å². The Labute approximate surface area is 160 Å². The number of benzene rings is 2. The van der Waals surface area contributed by atoms with Gasteiger partial charge in [0.1, 0.15) is 11.6 Å². The van der Waals surface area contributed by atoms with Gasteiger partial charge in [-0.15, -0.1) is 6.58 Å². The van der Waals surface area contributed by atoms with Crippen LogP contribution in [-0.4, -0.2) is 6.67 Å². The van der Waals surface area contributed by atoms with Crippen LogP contribution in [0.2, 0.25) is 0 Å². The van der Waals surface area contributed by atoms with Crippen LogP contribution in [0.1, 0.15) is 55.6 Å². The Balaban J connectivity index is 1.76.